The summed E-state index contributed by atoms with van der Waals surface area (Å²) in [6, 6.07) is 8.03. The molecule has 4 heteroatoms. The van der Waals surface area contributed by atoms with Crippen molar-refractivity contribution in [3.8, 4) is 0 Å². The van der Waals surface area contributed by atoms with Crippen LogP contribution < -0.4 is 11.1 Å². The first-order chi connectivity index (χ1) is 10.8. The Kier molecular flexibility index (Phi) is 4.01. The summed E-state index contributed by atoms with van der Waals surface area (Å²) in [5, 5.41) is 3.02. The standard InChI is InChI=1S/C19H28N2O2/c1-12(2)13-7-9-14(10-8-13)21-17(22)19(20)15-6-5-11-23-16(15)18(19,3)4/h7-10,12,15-16H,5-6,11,20H2,1-4H3,(H,21,22). The number of ether oxygens (including phenoxy) is 1. The van der Waals surface area contributed by atoms with E-state index in [0.717, 1.165) is 25.1 Å². The fraction of sp³-hybridized carbons (Fsp3) is 0.632. The second-order valence-corrected chi connectivity index (χ2v) is 7.86. The van der Waals surface area contributed by atoms with Gasteiger partial charge in [0.2, 0.25) is 5.91 Å². The number of rotatable bonds is 3. The molecule has 1 aliphatic carbocycles. The van der Waals surface area contributed by atoms with Crippen molar-refractivity contribution in [1.29, 1.82) is 0 Å². The Morgan fingerprint density at radius 1 is 1.30 bits per heavy atom. The largest absolute Gasteiger partial charge is 0.377 e. The van der Waals surface area contributed by atoms with Crippen molar-refractivity contribution in [2.45, 2.75) is 58.1 Å². The molecule has 1 saturated carbocycles. The molecule has 3 atom stereocenters. The summed E-state index contributed by atoms with van der Waals surface area (Å²) in [4.78, 5) is 12.9. The lowest BCUT2D eigenvalue weighted by Crippen LogP contribution is -2.81. The molecule has 1 amide bonds. The highest BCUT2D eigenvalue weighted by atomic mass is 16.5. The molecule has 126 valence electrons. The van der Waals surface area contributed by atoms with Crippen molar-refractivity contribution in [2.75, 3.05) is 11.9 Å². The van der Waals surface area contributed by atoms with Gasteiger partial charge in [-0.15, -0.1) is 0 Å². The van der Waals surface area contributed by atoms with Crippen molar-refractivity contribution < 1.29 is 9.53 Å². The van der Waals surface area contributed by atoms with E-state index in [2.05, 4.69) is 31.3 Å². The highest BCUT2D eigenvalue weighted by Crippen LogP contribution is 2.57. The minimum atomic E-state index is -0.866. The minimum absolute atomic E-state index is 0.0912. The second kappa shape index (κ2) is 5.60. The van der Waals surface area contributed by atoms with Crippen molar-refractivity contribution in [2.24, 2.45) is 17.1 Å². The Hall–Kier alpha value is -1.39. The van der Waals surface area contributed by atoms with Gasteiger partial charge in [-0.05, 0) is 36.5 Å². The number of hydrogen-bond acceptors (Lipinski definition) is 3. The summed E-state index contributed by atoms with van der Waals surface area (Å²) < 4.78 is 5.87. The highest BCUT2D eigenvalue weighted by molar-refractivity contribution is 6.00. The molecule has 2 aliphatic rings. The third kappa shape index (κ3) is 2.39. The number of anilines is 1. The summed E-state index contributed by atoms with van der Waals surface area (Å²) >= 11 is 0. The number of carbonyl (C=O) groups is 1. The van der Waals surface area contributed by atoms with Crippen LogP contribution in [0.2, 0.25) is 0 Å². The lowest BCUT2D eigenvalue weighted by Gasteiger charge is -2.65. The number of benzene rings is 1. The number of carbonyl (C=O) groups excluding carboxylic acids is 1. The number of hydrogen-bond donors (Lipinski definition) is 2. The quantitative estimate of drug-likeness (QED) is 0.899. The Labute approximate surface area is 138 Å². The van der Waals surface area contributed by atoms with E-state index in [9.17, 15) is 4.79 Å². The van der Waals surface area contributed by atoms with Gasteiger partial charge < -0.3 is 15.8 Å². The first-order valence-corrected chi connectivity index (χ1v) is 8.60. The summed E-state index contributed by atoms with van der Waals surface area (Å²) in [5.41, 5.74) is 7.46. The Bertz CT molecular complexity index is 594. The molecule has 0 radical (unpaired) electrons. The van der Waals surface area contributed by atoms with Gasteiger partial charge in [0.25, 0.3) is 0 Å². The number of nitrogens with two attached hydrogens (primary N) is 1. The van der Waals surface area contributed by atoms with Crippen LogP contribution in [0.5, 0.6) is 0 Å². The molecule has 0 spiro atoms. The predicted molar refractivity (Wildman–Crippen MR) is 92.3 cm³/mol. The normalized spacial score (nSPS) is 32.1. The first-order valence-electron chi connectivity index (χ1n) is 8.60. The van der Waals surface area contributed by atoms with E-state index in [1.807, 2.05) is 26.0 Å². The average Bonchev–Trinajstić information content (AvgIpc) is 2.54. The molecule has 1 aromatic carbocycles. The first kappa shape index (κ1) is 16.5. The smallest absolute Gasteiger partial charge is 0.245 e. The number of nitrogens with one attached hydrogen (secondary N) is 1. The van der Waals surface area contributed by atoms with Crippen LogP contribution in [0.15, 0.2) is 24.3 Å². The van der Waals surface area contributed by atoms with Crippen LogP contribution in [0.4, 0.5) is 5.69 Å². The van der Waals surface area contributed by atoms with E-state index in [4.69, 9.17) is 10.5 Å². The molecule has 0 aromatic heterocycles. The molecule has 2 fully saturated rings. The van der Waals surface area contributed by atoms with E-state index in [0.29, 0.717) is 5.92 Å². The zero-order valence-corrected chi connectivity index (χ0v) is 14.6. The van der Waals surface area contributed by atoms with Crippen LogP contribution in [0.1, 0.15) is 52.0 Å². The average molecular weight is 316 g/mol. The Morgan fingerprint density at radius 3 is 2.57 bits per heavy atom. The maximum atomic E-state index is 12.9. The molecule has 1 saturated heterocycles. The van der Waals surface area contributed by atoms with E-state index in [-0.39, 0.29) is 23.3 Å². The summed E-state index contributed by atoms with van der Waals surface area (Å²) in [6.45, 7) is 9.17. The second-order valence-electron chi connectivity index (χ2n) is 7.86. The lowest BCUT2D eigenvalue weighted by atomic mass is 9.46. The zero-order chi connectivity index (χ0) is 16.8. The molecular weight excluding hydrogens is 288 g/mol. The van der Waals surface area contributed by atoms with Gasteiger partial charge in [-0.25, -0.2) is 0 Å². The van der Waals surface area contributed by atoms with Crippen LogP contribution in [-0.2, 0) is 9.53 Å². The van der Waals surface area contributed by atoms with Gasteiger partial charge >= 0.3 is 0 Å². The summed E-state index contributed by atoms with van der Waals surface area (Å²) in [6.07, 6.45) is 2.03. The Morgan fingerprint density at radius 2 is 1.96 bits per heavy atom. The zero-order valence-electron chi connectivity index (χ0n) is 14.6. The molecule has 0 bridgehead atoms. The van der Waals surface area contributed by atoms with Crippen LogP contribution >= 0.6 is 0 Å². The number of amides is 1. The Balaban J connectivity index is 1.77. The van der Waals surface area contributed by atoms with Crippen molar-refractivity contribution >= 4 is 11.6 Å². The molecular formula is C19H28N2O2. The predicted octanol–water partition coefficient (Wildman–Crippen LogP) is 3.28. The van der Waals surface area contributed by atoms with Gasteiger partial charge in [0.1, 0.15) is 5.54 Å². The van der Waals surface area contributed by atoms with E-state index in [1.165, 1.54) is 5.56 Å². The van der Waals surface area contributed by atoms with Crippen LogP contribution in [0, 0.1) is 11.3 Å². The van der Waals surface area contributed by atoms with Gasteiger partial charge in [-0.2, -0.15) is 0 Å². The molecule has 1 aromatic rings. The monoisotopic (exact) mass is 316 g/mol. The van der Waals surface area contributed by atoms with E-state index < -0.39 is 5.54 Å². The van der Waals surface area contributed by atoms with Gasteiger partial charge in [0, 0.05) is 23.6 Å². The SMILES string of the molecule is CC(C)c1ccc(NC(=O)C2(N)C3CCCOC3C2(C)C)cc1. The topological polar surface area (TPSA) is 64.4 Å². The van der Waals surface area contributed by atoms with Gasteiger partial charge in [0.05, 0.1) is 6.10 Å². The summed E-state index contributed by atoms with van der Waals surface area (Å²) in [5.74, 6) is 0.499. The lowest BCUT2D eigenvalue weighted by molar-refractivity contribution is -0.222. The van der Waals surface area contributed by atoms with Crippen molar-refractivity contribution in [3.05, 3.63) is 29.8 Å². The molecule has 3 unspecified atom stereocenters. The van der Waals surface area contributed by atoms with Crippen LogP contribution in [-0.4, -0.2) is 24.2 Å². The fourth-order valence-electron chi connectivity index (χ4n) is 4.22. The molecule has 4 nitrogen and oxygen atoms in total. The number of fused-ring (bicyclic) bond motifs is 1. The molecule has 23 heavy (non-hydrogen) atoms. The van der Waals surface area contributed by atoms with Gasteiger partial charge in [-0.3, -0.25) is 4.79 Å². The van der Waals surface area contributed by atoms with Gasteiger partial charge in [0.15, 0.2) is 0 Å². The van der Waals surface area contributed by atoms with Crippen LogP contribution in [0.25, 0.3) is 0 Å². The van der Waals surface area contributed by atoms with Gasteiger partial charge in [-0.1, -0.05) is 39.8 Å². The van der Waals surface area contributed by atoms with Crippen molar-refractivity contribution in [3.63, 3.8) is 0 Å². The highest BCUT2D eigenvalue weighted by Gasteiger charge is 2.70. The van der Waals surface area contributed by atoms with E-state index >= 15 is 0 Å². The van der Waals surface area contributed by atoms with Crippen LogP contribution in [0.3, 0.4) is 0 Å². The third-order valence-electron chi connectivity index (χ3n) is 5.90. The molecule has 3 rings (SSSR count). The summed E-state index contributed by atoms with van der Waals surface area (Å²) in [7, 11) is 0. The van der Waals surface area contributed by atoms with Crippen molar-refractivity contribution in [1.82, 2.24) is 0 Å². The fourth-order valence-corrected chi connectivity index (χ4v) is 4.22. The van der Waals surface area contributed by atoms with E-state index in [1.54, 1.807) is 0 Å². The molecule has 1 aliphatic heterocycles. The maximum absolute atomic E-state index is 12.9. The maximum Gasteiger partial charge on any atom is 0.245 e. The molecule has 1 heterocycles. The third-order valence-corrected chi connectivity index (χ3v) is 5.90. The molecule has 3 N–H and O–H groups in total. The minimum Gasteiger partial charge on any atom is -0.377 e.